The van der Waals surface area contributed by atoms with Gasteiger partial charge in [-0.15, -0.1) is 0 Å². The Morgan fingerprint density at radius 1 is 0.391 bits per heavy atom. The molecule has 0 unspecified atom stereocenters. The van der Waals surface area contributed by atoms with Crippen LogP contribution < -0.4 is 9.13 Å². The summed E-state index contributed by atoms with van der Waals surface area (Å²) in [5.41, 5.74) is 11.3. The summed E-state index contributed by atoms with van der Waals surface area (Å²) in [6, 6.07) is 23.0. The maximum absolute atomic E-state index is 3.47. The van der Waals surface area contributed by atoms with Crippen LogP contribution in [0.1, 0.15) is 95.9 Å². The number of hydrogen-bond acceptors (Lipinski definition) is 0. The third-order valence-electron chi connectivity index (χ3n) is 8.40. The van der Waals surface area contributed by atoms with E-state index in [9.17, 15) is 0 Å². The molecule has 0 amide bonds. The molecule has 0 saturated carbocycles. The van der Waals surface area contributed by atoms with E-state index in [1.165, 1.54) is 122 Å². The van der Waals surface area contributed by atoms with Gasteiger partial charge >= 0.3 is 0 Å². The molecule has 4 rings (SSSR count). The molecular formula is C42H58Br2N2+2. The normalized spacial score (nSPS) is 10.9. The summed E-state index contributed by atoms with van der Waals surface area (Å²) in [5.74, 6) is 0. The smallest absolute Gasteiger partial charge is 0.171 e. The summed E-state index contributed by atoms with van der Waals surface area (Å²) >= 11 is 6.93. The molecule has 2 nitrogen and oxygen atoms in total. The number of aromatic nitrogens is 2. The largest absolute Gasteiger partial charge is 0.205 e. The van der Waals surface area contributed by atoms with Crippen LogP contribution in [0.4, 0.5) is 0 Å². The predicted molar refractivity (Wildman–Crippen MR) is 204 cm³/mol. The summed E-state index contributed by atoms with van der Waals surface area (Å²) in [7, 11) is 0. The fraction of sp³-hybridized carbons (Fsp3) is 0.476. The zero-order valence-corrected chi connectivity index (χ0v) is 32.2. The molecule has 4 aromatic rings. The van der Waals surface area contributed by atoms with Crippen molar-refractivity contribution in [2.75, 3.05) is 10.7 Å². The van der Waals surface area contributed by atoms with Gasteiger partial charge in [-0.05, 0) is 126 Å². The van der Waals surface area contributed by atoms with E-state index in [0.29, 0.717) is 0 Å². The number of halogens is 2. The molecule has 248 valence electrons. The van der Waals surface area contributed by atoms with E-state index in [2.05, 4.69) is 154 Å². The van der Waals surface area contributed by atoms with Crippen molar-refractivity contribution < 1.29 is 9.13 Å². The van der Waals surface area contributed by atoms with Crippen LogP contribution in [-0.4, -0.2) is 10.7 Å². The van der Waals surface area contributed by atoms with Crippen molar-refractivity contribution in [3.63, 3.8) is 0 Å². The molecule has 2 aromatic heterocycles. The summed E-state index contributed by atoms with van der Waals surface area (Å²) in [6.45, 7) is 10.9. The molecule has 46 heavy (non-hydrogen) atoms. The Balaban J connectivity index is 0.000000304. The molecule has 0 bridgehead atoms. The minimum Gasteiger partial charge on any atom is -0.205 e. The van der Waals surface area contributed by atoms with E-state index in [1.54, 1.807) is 0 Å². The first-order valence-corrected chi connectivity index (χ1v) is 19.8. The van der Waals surface area contributed by atoms with Gasteiger partial charge in [-0.25, -0.2) is 9.13 Å². The minimum absolute atomic E-state index is 1.11. The third kappa shape index (κ3) is 16.0. The van der Waals surface area contributed by atoms with Crippen LogP contribution in [0.5, 0.6) is 0 Å². The number of unbranched alkanes of at least 4 members (excludes halogenated alkanes) is 4. The first-order chi connectivity index (χ1) is 22.3. The molecule has 2 heterocycles. The molecule has 0 spiro atoms. The lowest BCUT2D eigenvalue weighted by Crippen LogP contribution is -2.33. The maximum atomic E-state index is 3.47. The third-order valence-corrected chi connectivity index (χ3v) is 9.52. The van der Waals surface area contributed by atoms with Gasteiger partial charge in [0.05, 0.1) is 0 Å². The summed E-state index contributed by atoms with van der Waals surface area (Å²) in [6.07, 6.45) is 23.8. The lowest BCUT2D eigenvalue weighted by atomic mass is 10.0. The van der Waals surface area contributed by atoms with E-state index in [4.69, 9.17) is 0 Å². The number of nitrogens with zero attached hydrogens (tertiary/aromatic N) is 2. The van der Waals surface area contributed by atoms with E-state index in [0.717, 1.165) is 23.7 Å². The predicted octanol–water partition coefficient (Wildman–Crippen LogP) is 10.7. The number of rotatable bonds is 18. The fourth-order valence-electron chi connectivity index (χ4n) is 6.09. The van der Waals surface area contributed by atoms with Crippen LogP contribution in [0.2, 0.25) is 0 Å². The van der Waals surface area contributed by atoms with Crippen LogP contribution in [0.15, 0.2) is 85.5 Å². The van der Waals surface area contributed by atoms with Crippen LogP contribution >= 0.6 is 31.9 Å². The average molecular weight is 751 g/mol. The first-order valence-electron chi connectivity index (χ1n) is 17.6. The Morgan fingerprint density at radius 3 is 0.913 bits per heavy atom. The van der Waals surface area contributed by atoms with E-state index >= 15 is 0 Å². The number of benzene rings is 2. The minimum atomic E-state index is 1.11. The van der Waals surface area contributed by atoms with Crippen molar-refractivity contribution >= 4 is 31.9 Å². The van der Waals surface area contributed by atoms with Crippen LogP contribution in [0, 0.1) is 27.7 Å². The quantitative estimate of drug-likeness (QED) is 0.0544. The van der Waals surface area contributed by atoms with Gasteiger partial charge in [0.2, 0.25) is 0 Å². The molecule has 0 aliphatic carbocycles. The molecule has 2 aromatic carbocycles. The van der Waals surface area contributed by atoms with Crippen molar-refractivity contribution in [2.45, 2.75) is 118 Å². The van der Waals surface area contributed by atoms with Gasteiger partial charge in [-0.3, -0.25) is 0 Å². The zero-order valence-electron chi connectivity index (χ0n) is 29.0. The second-order valence-electron chi connectivity index (χ2n) is 13.1. The molecule has 0 radical (unpaired) electrons. The molecule has 0 saturated heterocycles. The Hall–Kier alpha value is -2.30. The van der Waals surface area contributed by atoms with E-state index in [-0.39, 0.29) is 0 Å². The van der Waals surface area contributed by atoms with Crippen molar-refractivity contribution in [1.82, 2.24) is 0 Å². The van der Waals surface area contributed by atoms with Gasteiger partial charge < -0.3 is 0 Å². The molecule has 0 aliphatic rings. The number of alkyl halides is 2. The van der Waals surface area contributed by atoms with Gasteiger partial charge in [-0.2, -0.15) is 0 Å². The summed E-state index contributed by atoms with van der Waals surface area (Å²) < 4.78 is 4.67. The molecule has 4 heteroatoms. The highest BCUT2D eigenvalue weighted by atomic mass is 79.9. The Bertz CT molecular complexity index is 1250. The van der Waals surface area contributed by atoms with Gasteiger partial charge in [0.1, 0.15) is 13.1 Å². The topological polar surface area (TPSA) is 7.76 Å². The molecule has 0 aliphatic heterocycles. The number of pyridine rings is 2. The molecular weight excluding hydrogens is 692 g/mol. The summed E-state index contributed by atoms with van der Waals surface area (Å²) in [4.78, 5) is 0. The van der Waals surface area contributed by atoms with Crippen LogP contribution in [-0.2, 0) is 38.8 Å². The van der Waals surface area contributed by atoms with E-state index in [1.807, 2.05) is 0 Å². The monoisotopic (exact) mass is 748 g/mol. The van der Waals surface area contributed by atoms with Crippen molar-refractivity contribution in [3.8, 4) is 0 Å². The standard InChI is InChI=1S/C28H38N2.C14H20Br2/c1-23-17-24(2)20-29(19-23)15-7-5-9-27-11-13-28(14-12-27)10-6-8-16-30-21-25(3)18-26(4)22-30;15-11-3-1-5-13-7-9-14(10-8-13)6-2-4-12-16/h11-14,17-22H,5-10,15-16H2,1-4H3;7-10H,1-6,11-12H2/q+2;. The molecule has 0 atom stereocenters. The molecule has 0 N–H and O–H groups in total. The van der Waals surface area contributed by atoms with Crippen molar-refractivity contribution in [2.24, 2.45) is 0 Å². The van der Waals surface area contributed by atoms with Gasteiger partial charge in [0, 0.05) is 45.8 Å². The Labute approximate surface area is 298 Å². The highest BCUT2D eigenvalue weighted by Gasteiger charge is 2.05. The average Bonchev–Trinajstić information content (AvgIpc) is 3.03. The Kier molecular flexibility index (Phi) is 18.5. The van der Waals surface area contributed by atoms with Gasteiger partial charge in [0.15, 0.2) is 24.8 Å². The van der Waals surface area contributed by atoms with Crippen LogP contribution in [0.3, 0.4) is 0 Å². The SMILES string of the molecule is BrCCCCc1ccc(CCCCBr)cc1.Cc1cc(C)c[n+](CCCCc2ccc(CCCC[n+]3cc(C)cc(C)c3)cc2)c1. The Morgan fingerprint density at radius 2 is 0.652 bits per heavy atom. The second kappa shape index (κ2) is 22.3. The fourth-order valence-corrected chi connectivity index (χ4v) is 6.88. The van der Waals surface area contributed by atoms with Crippen molar-refractivity contribution in [1.29, 1.82) is 0 Å². The van der Waals surface area contributed by atoms with Crippen molar-refractivity contribution in [3.05, 3.63) is 130 Å². The number of hydrogen-bond donors (Lipinski definition) is 0. The lowest BCUT2D eigenvalue weighted by Gasteiger charge is -2.05. The number of aryl methyl sites for hydroxylation is 10. The highest BCUT2D eigenvalue weighted by Crippen LogP contribution is 2.12. The van der Waals surface area contributed by atoms with Gasteiger partial charge in [0.25, 0.3) is 0 Å². The zero-order chi connectivity index (χ0) is 33.0. The van der Waals surface area contributed by atoms with E-state index < -0.39 is 0 Å². The second-order valence-corrected chi connectivity index (χ2v) is 14.7. The maximum Gasteiger partial charge on any atom is 0.171 e. The summed E-state index contributed by atoms with van der Waals surface area (Å²) in [5, 5.41) is 2.25. The van der Waals surface area contributed by atoms with Gasteiger partial charge in [-0.1, -0.05) is 80.4 Å². The first kappa shape index (κ1) is 38.2. The highest BCUT2D eigenvalue weighted by molar-refractivity contribution is 9.09. The lowest BCUT2D eigenvalue weighted by molar-refractivity contribution is -0.698. The van der Waals surface area contributed by atoms with Crippen LogP contribution in [0.25, 0.3) is 0 Å². The molecule has 0 fully saturated rings.